The molecule has 0 aliphatic heterocycles. The third kappa shape index (κ3) is 3.03. The summed E-state index contributed by atoms with van der Waals surface area (Å²) in [5.41, 5.74) is 5.35. The third-order valence-corrected chi connectivity index (χ3v) is 1.72. The summed E-state index contributed by atoms with van der Waals surface area (Å²) in [7, 11) is 0. The molecule has 0 bridgehead atoms. The molecule has 0 spiro atoms. The molecular weight excluding hydrogens is 175 g/mol. The van der Waals surface area contributed by atoms with E-state index >= 15 is 0 Å². The van der Waals surface area contributed by atoms with E-state index in [1.165, 1.54) is 0 Å². The fourth-order valence-corrected chi connectivity index (χ4v) is 0.978. The van der Waals surface area contributed by atoms with E-state index in [0.29, 0.717) is 12.0 Å². The number of hydrogen-bond donors (Lipinski definition) is 2. The van der Waals surface area contributed by atoms with E-state index in [4.69, 9.17) is 11.6 Å². The van der Waals surface area contributed by atoms with Crippen molar-refractivity contribution < 1.29 is 4.84 Å². The van der Waals surface area contributed by atoms with Gasteiger partial charge in [-0.3, -0.25) is 0 Å². The predicted molar refractivity (Wildman–Crippen MR) is 45.3 cm³/mol. The fourth-order valence-electron chi connectivity index (χ4n) is 0.978. The first kappa shape index (κ1) is 13.1. The highest BCUT2D eigenvalue weighted by molar-refractivity contribution is 5.85. The van der Waals surface area contributed by atoms with Crippen LogP contribution in [0.2, 0.25) is 0 Å². The Bertz CT molecular complexity index is 70.0. The topological polar surface area (TPSA) is 61.3 Å². The second-order valence-electron chi connectivity index (χ2n) is 2.33. The molecule has 0 saturated heterocycles. The third-order valence-electron chi connectivity index (χ3n) is 1.72. The van der Waals surface area contributed by atoms with Gasteiger partial charge in [0.05, 0.1) is 6.10 Å². The summed E-state index contributed by atoms with van der Waals surface area (Å²) >= 11 is 0. The van der Waals surface area contributed by atoms with Crippen LogP contribution in [-0.2, 0) is 4.84 Å². The molecule has 0 unspecified atom stereocenters. The molecular formula is C5H14Cl2N2O. The van der Waals surface area contributed by atoms with E-state index in [1.807, 2.05) is 0 Å². The summed E-state index contributed by atoms with van der Waals surface area (Å²) in [6, 6.07) is 0. The average molecular weight is 189 g/mol. The van der Waals surface area contributed by atoms with Crippen LogP contribution in [0, 0.1) is 5.92 Å². The molecule has 3 nitrogen and oxygen atoms in total. The van der Waals surface area contributed by atoms with Gasteiger partial charge >= 0.3 is 0 Å². The van der Waals surface area contributed by atoms with Gasteiger partial charge < -0.3 is 10.6 Å². The lowest BCUT2D eigenvalue weighted by molar-refractivity contribution is -0.0294. The van der Waals surface area contributed by atoms with Gasteiger partial charge in [-0.2, -0.15) is 0 Å². The van der Waals surface area contributed by atoms with Crippen molar-refractivity contribution in [2.24, 2.45) is 17.5 Å². The van der Waals surface area contributed by atoms with Gasteiger partial charge in [-0.1, -0.05) is 0 Å². The van der Waals surface area contributed by atoms with Crippen molar-refractivity contribution in [2.75, 3.05) is 6.54 Å². The zero-order valence-electron chi connectivity index (χ0n) is 5.66. The number of hydrogen-bond acceptors (Lipinski definition) is 3. The number of halogens is 2. The first-order chi connectivity index (χ1) is 3.86. The fraction of sp³-hybridized carbons (Fsp3) is 1.00. The van der Waals surface area contributed by atoms with Crippen LogP contribution < -0.4 is 11.6 Å². The van der Waals surface area contributed by atoms with Gasteiger partial charge in [-0.05, 0) is 25.3 Å². The Kier molecular flexibility index (Phi) is 8.09. The van der Waals surface area contributed by atoms with E-state index in [1.54, 1.807) is 0 Å². The summed E-state index contributed by atoms with van der Waals surface area (Å²) < 4.78 is 0. The molecule has 64 valence electrons. The van der Waals surface area contributed by atoms with E-state index in [-0.39, 0.29) is 24.8 Å². The Balaban J connectivity index is 0. The minimum Gasteiger partial charge on any atom is -0.330 e. The van der Waals surface area contributed by atoms with Crippen LogP contribution in [0.3, 0.4) is 0 Å². The maximum atomic E-state index is 5.35. The molecule has 5 heteroatoms. The Morgan fingerprint density at radius 3 is 2.10 bits per heavy atom. The number of nitrogens with two attached hydrogens (primary N) is 2. The van der Waals surface area contributed by atoms with Gasteiger partial charge in [-0.25, -0.2) is 5.90 Å². The molecule has 0 amide bonds. The van der Waals surface area contributed by atoms with Crippen molar-refractivity contribution in [1.29, 1.82) is 0 Å². The van der Waals surface area contributed by atoms with Crippen LogP contribution in [0.15, 0.2) is 0 Å². The number of rotatable bonds is 2. The first-order valence-corrected chi connectivity index (χ1v) is 2.92. The molecule has 1 rings (SSSR count). The maximum absolute atomic E-state index is 5.35. The highest BCUT2D eigenvalue weighted by Gasteiger charge is 2.27. The summed E-state index contributed by atoms with van der Waals surface area (Å²) in [5, 5.41) is 0. The monoisotopic (exact) mass is 188 g/mol. The molecule has 1 fully saturated rings. The van der Waals surface area contributed by atoms with Gasteiger partial charge in [-0.15, -0.1) is 24.8 Å². The summed E-state index contributed by atoms with van der Waals surface area (Å²) in [6.45, 7) is 0.778. The largest absolute Gasteiger partial charge is 0.330 e. The molecule has 0 atom stereocenters. The molecule has 1 aliphatic rings. The zero-order valence-corrected chi connectivity index (χ0v) is 7.29. The van der Waals surface area contributed by atoms with Crippen molar-refractivity contribution in [3.63, 3.8) is 0 Å². The van der Waals surface area contributed by atoms with Crippen LogP contribution in [0.25, 0.3) is 0 Å². The Morgan fingerprint density at radius 2 is 1.80 bits per heavy atom. The van der Waals surface area contributed by atoms with Gasteiger partial charge in [0.15, 0.2) is 0 Å². The molecule has 0 aromatic rings. The lowest BCUT2D eigenvalue weighted by atomic mass is 9.83. The Morgan fingerprint density at radius 1 is 1.30 bits per heavy atom. The molecule has 0 aromatic carbocycles. The molecule has 0 radical (unpaired) electrons. The van der Waals surface area contributed by atoms with Gasteiger partial charge in [0.1, 0.15) is 0 Å². The standard InChI is InChI=1S/C5H12N2O.2ClH/c6-3-4-1-5(2-4)8-7;;/h4-5H,1-3,6-7H2;2*1H. The van der Waals surface area contributed by atoms with Crippen molar-refractivity contribution in [2.45, 2.75) is 18.9 Å². The van der Waals surface area contributed by atoms with Crippen LogP contribution >= 0.6 is 24.8 Å². The molecule has 0 aromatic heterocycles. The summed E-state index contributed by atoms with van der Waals surface area (Å²) in [5.74, 6) is 5.58. The van der Waals surface area contributed by atoms with Crippen LogP contribution in [0.5, 0.6) is 0 Å². The van der Waals surface area contributed by atoms with E-state index < -0.39 is 0 Å². The van der Waals surface area contributed by atoms with Crippen LogP contribution in [0.4, 0.5) is 0 Å². The van der Waals surface area contributed by atoms with Crippen LogP contribution in [0.1, 0.15) is 12.8 Å². The molecule has 4 N–H and O–H groups in total. The molecule has 1 saturated carbocycles. The van der Waals surface area contributed by atoms with Gasteiger partial charge in [0.25, 0.3) is 0 Å². The lowest BCUT2D eigenvalue weighted by Crippen LogP contribution is -2.37. The van der Waals surface area contributed by atoms with Crippen molar-refractivity contribution in [1.82, 2.24) is 0 Å². The zero-order chi connectivity index (χ0) is 5.98. The van der Waals surface area contributed by atoms with Crippen LogP contribution in [-0.4, -0.2) is 12.6 Å². The summed E-state index contributed by atoms with van der Waals surface area (Å²) in [4.78, 5) is 4.56. The van der Waals surface area contributed by atoms with Gasteiger partial charge in [0.2, 0.25) is 0 Å². The second-order valence-corrected chi connectivity index (χ2v) is 2.33. The maximum Gasteiger partial charge on any atom is 0.0793 e. The quantitative estimate of drug-likeness (QED) is 0.620. The normalized spacial score (nSPS) is 29.4. The van der Waals surface area contributed by atoms with E-state index in [0.717, 1.165) is 19.4 Å². The van der Waals surface area contributed by atoms with Crippen molar-refractivity contribution >= 4 is 24.8 Å². The van der Waals surface area contributed by atoms with E-state index in [9.17, 15) is 0 Å². The minimum atomic E-state index is 0. The Labute approximate surface area is 73.2 Å². The molecule has 10 heavy (non-hydrogen) atoms. The summed E-state index contributed by atoms with van der Waals surface area (Å²) in [6.07, 6.45) is 2.39. The smallest absolute Gasteiger partial charge is 0.0793 e. The lowest BCUT2D eigenvalue weighted by Gasteiger charge is -2.31. The predicted octanol–water partition coefficient (Wildman–Crippen LogP) is 0.458. The van der Waals surface area contributed by atoms with E-state index in [2.05, 4.69) is 4.84 Å². The Hall–Kier alpha value is 0.460. The second kappa shape index (κ2) is 6.19. The van der Waals surface area contributed by atoms with Gasteiger partial charge in [0, 0.05) is 0 Å². The highest BCUT2D eigenvalue weighted by Crippen LogP contribution is 2.27. The minimum absolute atomic E-state index is 0. The molecule has 0 heterocycles. The average Bonchev–Trinajstić information content (AvgIpc) is 1.65. The van der Waals surface area contributed by atoms with Crippen molar-refractivity contribution in [3.05, 3.63) is 0 Å². The molecule has 1 aliphatic carbocycles. The highest BCUT2D eigenvalue weighted by atomic mass is 35.5. The first-order valence-electron chi connectivity index (χ1n) is 2.92. The van der Waals surface area contributed by atoms with Crippen molar-refractivity contribution in [3.8, 4) is 0 Å². The SMILES string of the molecule is Cl.Cl.NCC1CC(ON)C1.